The minimum atomic E-state index is -0.140. The van der Waals surface area contributed by atoms with E-state index in [0.717, 1.165) is 5.13 Å². The SMILES string of the molecule is CC(C)(CCO)Nc1ncc(N)s1. The van der Waals surface area contributed by atoms with Crippen molar-refractivity contribution in [2.45, 2.75) is 25.8 Å². The molecule has 0 amide bonds. The summed E-state index contributed by atoms with van der Waals surface area (Å²) in [4.78, 5) is 4.08. The lowest BCUT2D eigenvalue weighted by Gasteiger charge is -2.24. The van der Waals surface area contributed by atoms with Crippen LogP contribution in [0.25, 0.3) is 0 Å². The normalized spacial score (nSPS) is 11.6. The summed E-state index contributed by atoms with van der Waals surface area (Å²) in [5.74, 6) is 0. The maximum Gasteiger partial charge on any atom is 0.185 e. The molecule has 74 valence electrons. The van der Waals surface area contributed by atoms with Crippen molar-refractivity contribution in [2.75, 3.05) is 17.7 Å². The fraction of sp³-hybridized carbons (Fsp3) is 0.625. The molecule has 0 aliphatic heterocycles. The van der Waals surface area contributed by atoms with E-state index in [2.05, 4.69) is 10.3 Å². The van der Waals surface area contributed by atoms with E-state index in [4.69, 9.17) is 10.8 Å². The van der Waals surface area contributed by atoms with Gasteiger partial charge in [0.15, 0.2) is 5.13 Å². The predicted molar refractivity (Wildman–Crippen MR) is 55.9 cm³/mol. The van der Waals surface area contributed by atoms with Crippen LogP contribution in [0.2, 0.25) is 0 Å². The molecule has 0 bridgehead atoms. The molecular weight excluding hydrogens is 186 g/mol. The quantitative estimate of drug-likeness (QED) is 0.686. The first-order valence-electron chi connectivity index (χ1n) is 4.14. The van der Waals surface area contributed by atoms with Gasteiger partial charge >= 0.3 is 0 Å². The first-order chi connectivity index (χ1) is 6.03. The molecular formula is C8H15N3OS. The van der Waals surface area contributed by atoms with Crippen LogP contribution in [0, 0.1) is 0 Å². The highest BCUT2D eigenvalue weighted by Gasteiger charge is 2.17. The monoisotopic (exact) mass is 201 g/mol. The van der Waals surface area contributed by atoms with Crippen molar-refractivity contribution in [2.24, 2.45) is 0 Å². The first kappa shape index (κ1) is 10.3. The van der Waals surface area contributed by atoms with Crippen molar-refractivity contribution in [3.8, 4) is 0 Å². The summed E-state index contributed by atoms with van der Waals surface area (Å²) in [7, 11) is 0. The van der Waals surface area contributed by atoms with Gasteiger partial charge in [0, 0.05) is 12.1 Å². The van der Waals surface area contributed by atoms with E-state index in [1.807, 2.05) is 13.8 Å². The molecule has 1 aromatic rings. The minimum Gasteiger partial charge on any atom is -0.396 e. The highest BCUT2D eigenvalue weighted by molar-refractivity contribution is 7.19. The zero-order valence-electron chi connectivity index (χ0n) is 7.87. The second-order valence-electron chi connectivity index (χ2n) is 3.55. The predicted octanol–water partition coefficient (Wildman–Crippen LogP) is 1.30. The number of thiazole rings is 1. The summed E-state index contributed by atoms with van der Waals surface area (Å²) < 4.78 is 0. The highest BCUT2D eigenvalue weighted by atomic mass is 32.1. The van der Waals surface area contributed by atoms with Gasteiger partial charge in [0.25, 0.3) is 0 Å². The second kappa shape index (κ2) is 3.93. The van der Waals surface area contributed by atoms with E-state index in [1.54, 1.807) is 6.20 Å². The second-order valence-corrected chi connectivity index (χ2v) is 4.61. The number of aliphatic hydroxyl groups is 1. The lowest BCUT2D eigenvalue weighted by molar-refractivity contribution is 0.261. The molecule has 1 rings (SSSR count). The molecule has 0 spiro atoms. The van der Waals surface area contributed by atoms with Gasteiger partial charge in [-0.25, -0.2) is 4.98 Å². The molecule has 0 radical (unpaired) electrons. The van der Waals surface area contributed by atoms with Gasteiger partial charge in [-0.3, -0.25) is 0 Å². The van der Waals surface area contributed by atoms with Crippen molar-refractivity contribution >= 4 is 21.5 Å². The third-order valence-corrected chi connectivity index (χ3v) is 2.45. The Kier molecular flexibility index (Phi) is 3.11. The van der Waals surface area contributed by atoms with E-state index in [1.165, 1.54) is 11.3 Å². The van der Waals surface area contributed by atoms with Crippen molar-refractivity contribution in [1.29, 1.82) is 0 Å². The Bertz CT molecular complexity index is 272. The van der Waals surface area contributed by atoms with Gasteiger partial charge in [-0.15, -0.1) is 0 Å². The maximum absolute atomic E-state index is 8.80. The molecule has 0 fully saturated rings. The molecule has 0 aromatic carbocycles. The molecule has 0 unspecified atom stereocenters. The fourth-order valence-corrected chi connectivity index (χ4v) is 1.74. The Morgan fingerprint density at radius 3 is 2.85 bits per heavy atom. The van der Waals surface area contributed by atoms with Crippen LogP contribution < -0.4 is 11.1 Å². The molecule has 1 heterocycles. The lowest BCUT2D eigenvalue weighted by Crippen LogP contribution is -2.31. The molecule has 0 saturated heterocycles. The number of aromatic nitrogens is 1. The van der Waals surface area contributed by atoms with Crippen LogP contribution in [0.3, 0.4) is 0 Å². The molecule has 4 N–H and O–H groups in total. The first-order valence-corrected chi connectivity index (χ1v) is 4.95. The molecule has 0 saturated carbocycles. The van der Waals surface area contributed by atoms with Gasteiger partial charge in [0.05, 0.1) is 6.20 Å². The fourth-order valence-electron chi connectivity index (χ4n) is 0.976. The largest absolute Gasteiger partial charge is 0.396 e. The van der Waals surface area contributed by atoms with E-state index < -0.39 is 0 Å². The van der Waals surface area contributed by atoms with E-state index in [9.17, 15) is 0 Å². The van der Waals surface area contributed by atoms with Crippen LogP contribution in [-0.4, -0.2) is 22.2 Å². The number of nitrogens with two attached hydrogens (primary N) is 1. The number of nitrogens with one attached hydrogen (secondary N) is 1. The Labute approximate surface area is 81.8 Å². The van der Waals surface area contributed by atoms with Gasteiger partial charge in [-0.05, 0) is 20.3 Å². The van der Waals surface area contributed by atoms with Crippen molar-refractivity contribution < 1.29 is 5.11 Å². The number of aliphatic hydroxyl groups excluding tert-OH is 1. The molecule has 13 heavy (non-hydrogen) atoms. The van der Waals surface area contributed by atoms with Gasteiger partial charge in [0.2, 0.25) is 0 Å². The number of nitrogen functional groups attached to an aromatic ring is 1. The third-order valence-electron chi connectivity index (χ3n) is 1.71. The summed E-state index contributed by atoms with van der Waals surface area (Å²) in [6.45, 7) is 4.20. The zero-order chi connectivity index (χ0) is 9.90. The summed E-state index contributed by atoms with van der Waals surface area (Å²) in [5, 5.41) is 13.5. The van der Waals surface area contributed by atoms with Crippen molar-refractivity contribution in [3.63, 3.8) is 0 Å². The van der Waals surface area contributed by atoms with Crippen LogP contribution in [-0.2, 0) is 0 Å². The average Bonchev–Trinajstić information content (AvgIpc) is 2.34. The topological polar surface area (TPSA) is 71.2 Å². The Hall–Kier alpha value is -0.810. The van der Waals surface area contributed by atoms with Gasteiger partial charge in [0.1, 0.15) is 5.00 Å². The standard InChI is InChI=1S/C8H15N3OS/c1-8(2,3-4-12)11-7-10-5-6(9)13-7/h5,12H,3-4,9H2,1-2H3,(H,10,11). The molecule has 0 aliphatic rings. The number of nitrogens with zero attached hydrogens (tertiary/aromatic N) is 1. The smallest absolute Gasteiger partial charge is 0.185 e. The van der Waals surface area contributed by atoms with E-state index in [0.29, 0.717) is 11.4 Å². The number of hydrogen-bond acceptors (Lipinski definition) is 5. The number of hydrogen-bond donors (Lipinski definition) is 3. The third kappa shape index (κ3) is 3.20. The molecule has 1 aromatic heterocycles. The highest BCUT2D eigenvalue weighted by Crippen LogP contribution is 2.24. The summed E-state index contributed by atoms with van der Waals surface area (Å²) in [6.07, 6.45) is 2.31. The number of rotatable bonds is 4. The Morgan fingerprint density at radius 2 is 2.38 bits per heavy atom. The van der Waals surface area contributed by atoms with Crippen LogP contribution in [0.1, 0.15) is 20.3 Å². The molecule has 5 heteroatoms. The van der Waals surface area contributed by atoms with Crippen LogP contribution >= 0.6 is 11.3 Å². The van der Waals surface area contributed by atoms with Crippen LogP contribution in [0.4, 0.5) is 10.1 Å². The van der Waals surface area contributed by atoms with Crippen molar-refractivity contribution in [1.82, 2.24) is 4.98 Å². The summed E-state index contributed by atoms with van der Waals surface area (Å²) in [5.41, 5.74) is 5.40. The Morgan fingerprint density at radius 1 is 1.69 bits per heavy atom. The number of anilines is 2. The maximum atomic E-state index is 8.80. The average molecular weight is 201 g/mol. The molecule has 0 aliphatic carbocycles. The van der Waals surface area contributed by atoms with E-state index in [-0.39, 0.29) is 12.1 Å². The van der Waals surface area contributed by atoms with Gasteiger partial charge < -0.3 is 16.2 Å². The molecule has 0 atom stereocenters. The van der Waals surface area contributed by atoms with Gasteiger partial charge in [-0.1, -0.05) is 11.3 Å². The van der Waals surface area contributed by atoms with Crippen LogP contribution in [0.5, 0.6) is 0 Å². The van der Waals surface area contributed by atoms with Crippen molar-refractivity contribution in [3.05, 3.63) is 6.20 Å². The zero-order valence-corrected chi connectivity index (χ0v) is 8.69. The molecule has 4 nitrogen and oxygen atoms in total. The Balaban J connectivity index is 2.57. The van der Waals surface area contributed by atoms with Gasteiger partial charge in [-0.2, -0.15) is 0 Å². The summed E-state index contributed by atoms with van der Waals surface area (Å²) >= 11 is 1.41. The van der Waals surface area contributed by atoms with Crippen LogP contribution in [0.15, 0.2) is 6.20 Å². The minimum absolute atomic E-state index is 0.140. The van der Waals surface area contributed by atoms with E-state index >= 15 is 0 Å². The lowest BCUT2D eigenvalue weighted by atomic mass is 10.0. The summed E-state index contributed by atoms with van der Waals surface area (Å²) in [6, 6.07) is 0.